The van der Waals surface area contributed by atoms with Crippen LogP contribution >= 0.6 is 0 Å². The van der Waals surface area contributed by atoms with Crippen LogP contribution in [-0.4, -0.2) is 14.7 Å². The molecule has 0 bridgehead atoms. The molecule has 1 heterocycles. The number of nitro benzene ring substituents is 1. The molecule has 0 spiro atoms. The highest BCUT2D eigenvalue weighted by molar-refractivity contribution is 5.94. The molecule has 5 heteroatoms. The van der Waals surface area contributed by atoms with Crippen LogP contribution in [0.4, 0.5) is 5.69 Å². The van der Waals surface area contributed by atoms with Gasteiger partial charge in [0, 0.05) is 23.1 Å². The zero-order valence-electron chi connectivity index (χ0n) is 13.6. The summed E-state index contributed by atoms with van der Waals surface area (Å²) in [6.07, 6.45) is 0. The Morgan fingerprint density at radius 1 is 0.920 bits per heavy atom. The molecule has 4 aromatic rings. The Labute approximate surface area is 144 Å². The first-order valence-corrected chi connectivity index (χ1v) is 7.93. The minimum Gasteiger partial charge on any atom is -0.258 e. The van der Waals surface area contributed by atoms with Crippen LogP contribution in [0, 0.1) is 17.0 Å². The second-order valence-electron chi connectivity index (χ2n) is 5.92. The van der Waals surface area contributed by atoms with Crippen molar-refractivity contribution in [1.29, 1.82) is 0 Å². The third-order valence-electron chi connectivity index (χ3n) is 4.22. The predicted octanol–water partition coefficient (Wildman–Crippen LogP) is 4.91. The van der Waals surface area contributed by atoms with Crippen LogP contribution in [0.5, 0.6) is 0 Å². The maximum Gasteiger partial charge on any atom is 0.269 e. The first kappa shape index (κ1) is 15.1. The molecule has 0 unspecified atom stereocenters. The molecule has 0 saturated carbocycles. The molecule has 0 radical (unpaired) electrons. The van der Waals surface area contributed by atoms with Crippen molar-refractivity contribution >= 4 is 16.6 Å². The van der Waals surface area contributed by atoms with Crippen molar-refractivity contribution in [2.24, 2.45) is 0 Å². The summed E-state index contributed by atoms with van der Waals surface area (Å²) in [6, 6.07) is 22.7. The third kappa shape index (κ3) is 2.65. The summed E-state index contributed by atoms with van der Waals surface area (Å²) < 4.78 is 1.83. The molecule has 25 heavy (non-hydrogen) atoms. The Kier molecular flexibility index (Phi) is 3.54. The lowest BCUT2D eigenvalue weighted by atomic mass is 10.1. The lowest BCUT2D eigenvalue weighted by molar-refractivity contribution is -0.384. The van der Waals surface area contributed by atoms with Gasteiger partial charge in [0.15, 0.2) is 0 Å². The lowest BCUT2D eigenvalue weighted by Crippen LogP contribution is -1.97. The van der Waals surface area contributed by atoms with Crippen LogP contribution in [0.15, 0.2) is 72.8 Å². The van der Waals surface area contributed by atoms with Crippen molar-refractivity contribution in [1.82, 2.24) is 9.78 Å². The highest BCUT2D eigenvalue weighted by atomic mass is 16.6. The number of hydrogen-bond donors (Lipinski definition) is 0. The largest absolute Gasteiger partial charge is 0.269 e. The van der Waals surface area contributed by atoms with Crippen molar-refractivity contribution < 1.29 is 4.92 Å². The Balaban J connectivity index is 1.90. The van der Waals surface area contributed by atoms with Gasteiger partial charge in [0.05, 0.1) is 16.1 Å². The predicted molar refractivity (Wildman–Crippen MR) is 97.9 cm³/mol. The zero-order chi connectivity index (χ0) is 17.4. The van der Waals surface area contributed by atoms with Gasteiger partial charge < -0.3 is 0 Å². The average molecular weight is 329 g/mol. The van der Waals surface area contributed by atoms with E-state index in [4.69, 9.17) is 5.10 Å². The fourth-order valence-electron chi connectivity index (χ4n) is 2.90. The van der Waals surface area contributed by atoms with Crippen LogP contribution in [0.25, 0.3) is 27.8 Å². The van der Waals surface area contributed by atoms with Gasteiger partial charge in [-0.3, -0.25) is 10.1 Å². The fourth-order valence-corrected chi connectivity index (χ4v) is 2.90. The second-order valence-corrected chi connectivity index (χ2v) is 5.92. The van der Waals surface area contributed by atoms with Gasteiger partial charge >= 0.3 is 0 Å². The van der Waals surface area contributed by atoms with E-state index >= 15 is 0 Å². The molecule has 0 atom stereocenters. The molecule has 5 nitrogen and oxygen atoms in total. The Hall–Kier alpha value is -3.47. The number of fused-ring (bicyclic) bond motifs is 1. The third-order valence-corrected chi connectivity index (χ3v) is 4.22. The molecule has 3 aromatic carbocycles. The molecule has 0 aliphatic carbocycles. The number of benzene rings is 3. The van der Waals surface area contributed by atoms with Gasteiger partial charge in [-0.1, -0.05) is 48.0 Å². The highest BCUT2D eigenvalue weighted by Crippen LogP contribution is 2.30. The Morgan fingerprint density at radius 2 is 1.60 bits per heavy atom. The van der Waals surface area contributed by atoms with Gasteiger partial charge in [0.25, 0.3) is 5.69 Å². The molecule has 0 aliphatic heterocycles. The molecule has 0 amide bonds. The molecule has 0 aliphatic rings. The summed E-state index contributed by atoms with van der Waals surface area (Å²) in [7, 11) is 0. The van der Waals surface area contributed by atoms with Gasteiger partial charge in [-0.05, 0) is 25.1 Å². The molecule has 122 valence electrons. The number of nitro groups is 1. The maximum atomic E-state index is 10.9. The van der Waals surface area contributed by atoms with Crippen LogP contribution < -0.4 is 0 Å². The van der Waals surface area contributed by atoms with Crippen molar-refractivity contribution in [3.05, 3.63) is 88.5 Å². The van der Waals surface area contributed by atoms with E-state index in [-0.39, 0.29) is 5.69 Å². The number of aryl methyl sites for hydroxylation is 1. The number of nitrogens with zero attached hydrogens (tertiary/aromatic N) is 3. The zero-order valence-corrected chi connectivity index (χ0v) is 13.6. The van der Waals surface area contributed by atoms with E-state index in [9.17, 15) is 10.1 Å². The number of rotatable bonds is 3. The van der Waals surface area contributed by atoms with Crippen molar-refractivity contribution in [3.63, 3.8) is 0 Å². The first-order chi connectivity index (χ1) is 12.1. The number of hydrogen-bond acceptors (Lipinski definition) is 3. The summed E-state index contributed by atoms with van der Waals surface area (Å²) in [6.45, 7) is 2.05. The van der Waals surface area contributed by atoms with Gasteiger partial charge in [-0.15, -0.1) is 0 Å². The van der Waals surface area contributed by atoms with Crippen molar-refractivity contribution in [2.75, 3.05) is 0 Å². The van der Waals surface area contributed by atoms with Crippen LogP contribution in [0.2, 0.25) is 0 Å². The number of non-ortho nitro benzene ring substituents is 1. The number of para-hydroxylation sites is 1. The Bertz CT molecular complexity index is 1060. The standard InChI is InChI=1S/C20H15N3O2/c1-14-6-8-15(9-7-14)20-18-4-2-3-5-19(18)22(21-20)16-10-12-17(13-11-16)23(24)25/h2-13H,1H3. The van der Waals surface area contributed by atoms with Gasteiger partial charge in [0.2, 0.25) is 0 Å². The maximum absolute atomic E-state index is 10.9. The summed E-state index contributed by atoms with van der Waals surface area (Å²) >= 11 is 0. The van der Waals surface area contributed by atoms with Gasteiger partial charge in [-0.2, -0.15) is 5.10 Å². The minimum atomic E-state index is -0.400. The van der Waals surface area contributed by atoms with Crippen molar-refractivity contribution in [3.8, 4) is 16.9 Å². The molecular weight excluding hydrogens is 314 g/mol. The smallest absolute Gasteiger partial charge is 0.258 e. The number of aromatic nitrogens is 2. The van der Waals surface area contributed by atoms with Crippen LogP contribution in [-0.2, 0) is 0 Å². The van der Waals surface area contributed by atoms with Crippen LogP contribution in [0.1, 0.15) is 5.56 Å². The lowest BCUT2D eigenvalue weighted by Gasteiger charge is -2.03. The first-order valence-electron chi connectivity index (χ1n) is 7.93. The van der Waals surface area contributed by atoms with E-state index < -0.39 is 4.92 Å². The normalized spacial score (nSPS) is 10.9. The molecular formula is C20H15N3O2. The SMILES string of the molecule is Cc1ccc(-c2nn(-c3ccc([N+](=O)[O-])cc3)c3ccccc23)cc1. The summed E-state index contributed by atoms with van der Waals surface area (Å²) in [5.74, 6) is 0. The summed E-state index contributed by atoms with van der Waals surface area (Å²) in [5.41, 5.74) is 4.96. The van der Waals surface area contributed by atoms with Crippen LogP contribution in [0.3, 0.4) is 0 Å². The highest BCUT2D eigenvalue weighted by Gasteiger charge is 2.14. The van der Waals surface area contributed by atoms with Gasteiger partial charge in [-0.25, -0.2) is 4.68 Å². The van der Waals surface area contributed by atoms with E-state index in [1.54, 1.807) is 12.1 Å². The monoisotopic (exact) mass is 329 g/mol. The minimum absolute atomic E-state index is 0.0685. The van der Waals surface area contributed by atoms with E-state index in [0.29, 0.717) is 0 Å². The molecule has 0 N–H and O–H groups in total. The fraction of sp³-hybridized carbons (Fsp3) is 0.0500. The quantitative estimate of drug-likeness (QED) is 0.396. The average Bonchev–Trinajstić information content (AvgIpc) is 3.02. The summed E-state index contributed by atoms with van der Waals surface area (Å²) in [5, 5.41) is 16.7. The molecule has 4 rings (SSSR count). The topological polar surface area (TPSA) is 61.0 Å². The van der Waals surface area contributed by atoms with E-state index in [2.05, 4.69) is 31.2 Å². The summed E-state index contributed by atoms with van der Waals surface area (Å²) in [4.78, 5) is 10.5. The Morgan fingerprint density at radius 3 is 2.28 bits per heavy atom. The second kappa shape index (κ2) is 5.87. The van der Waals surface area contributed by atoms with Crippen molar-refractivity contribution in [2.45, 2.75) is 6.92 Å². The van der Waals surface area contributed by atoms with Gasteiger partial charge in [0.1, 0.15) is 5.69 Å². The molecule has 0 saturated heterocycles. The van der Waals surface area contributed by atoms with E-state index in [0.717, 1.165) is 27.8 Å². The molecule has 0 fully saturated rings. The van der Waals surface area contributed by atoms with E-state index in [1.807, 2.05) is 28.9 Å². The van der Waals surface area contributed by atoms with E-state index in [1.165, 1.54) is 17.7 Å². The molecule has 1 aromatic heterocycles.